The van der Waals surface area contributed by atoms with Crippen LogP contribution in [0.25, 0.3) is 0 Å². The van der Waals surface area contributed by atoms with Crippen molar-refractivity contribution in [1.29, 1.82) is 0 Å². The Morgan fingerprint density at radius 3 is 2.33 bits per heavy atom. The first-order valence-electron chi connectivity index (χ1n) is 5.19. The number of hydrogen-bond acceptors (Lipinski definition) is 2. The van der Waals surface area contributed by atoms with E-state index in [1.807, 2.05) is 34.6 Å². The number of carbonyl (C=O) groups is 1. The van der Waals surface area contributed by atoms with Crippen molar-refractivity contribution in [3.05, 3.63) is 0 Å². The third-order valence-corrected chi connectivity index (χ3v) is 1.84. The molecule has 0 spiro atoms. The van der Waals surface area contributed by atoms with Crippen LogP contribution in [0.3, 0.4) is 0 Å². The van der Waals surface area contributed by atoms with Crippen molar-refractivity contribution >= 4 is 6.09 Å². The lowest BCUT2D eigenvalue weighted by Crippen LogP contribution is -2.41. The minimum Gasteiger partial charge on any atom is -0.444 e. The highest BCUT2D eigenvalue weighted by Crippen LogP contribution is 2.09. The summed E-state index contributed by atoms with van der Waals surface area (Å²) in [5.41, 5.74) is -0.470. The van der Waals surface area contributed by atoms with Crippen molar-refractivity contribution in [2.75, 3.05) is 0 Å². The van der Waals surface area contributed by atoms with Crippen molar-refractivity contribution in [1.82, 2.24) is 5.32 Å². The Bertz CT molecular complexity index is 245. The molecule has 0 fully saturated rings. The average molecular weight is 211 g/mol. The monoisotopic (exact) mass is 211 g/mol. The molecule has 1 N–H and O–H groups in total. The summed E-state index contributed by atoms with van der Waals surface area (Å²) >= 11 is 0. The molecule has 1 unspecified atom stereocenters. The summed E-state index contributed by atoms with van der Waals surface area (Å²) in [6.07, 6.45) is 5.35. The lowest BCUT2D eigenvalue weighted by molar-refractivity contribution is 0.0492. The molecule has 3 heteroatoms. The highest BCUT2D eigenvalue weighted by molar-refractivity contribution is 5.68. The van der Waals surface area contributed by atoms with Gasteiger partial charge in [0.15, 0.2) is 0 Å². The molecule has 0 bridgehead atoms. The molecule has 0 aromatic carbocycles. The van der Waals surface area contributed by atoms with E-state index in [1.54, 1.807) is 0 Å². The zero-order valence-electron chi connectivity index (χ0n) is 10.3. The number of hydrogen-bond donors (Lipinski definition) is 1. The SMILES string of the molecule is C#CCC(NC(=O)OC(C)(C)C)C(C)C. The topological polar surface area (TPSA) is 38.3 Å². The Labute approximate surface area is 92.6 Å². The van der Waals surface area contributed by atoms with Crippen LogP contribution < -0.4 is 5.32 Å². The predicted octanol–water partition coefficient (Wildman–Crippen LogP) is 2.56. The van der Waals surface area contributed by atoms with Gasteiger partial charge < -0.3 is 10.1 Å². The van der Waals surface area contributed by atoms with E-state index in [0.29, 0.717) is 12.3 Å². The molecule has 0 rings (SSSR count). The number of nitrogens with one attached hydrogen (secondary N) is 1. The highest BCUT2D eigenvalue weighted by Gasteiger charge is 2.20. The maximum atomic E-state index is 11.4. The lowest BCUT2D eigenvalue weighted by atomic mass is 10.0. The van der Waals surface area contributed by atoms with E-state index in [1.165, 1.54) is 0 Å². The van der Waals surface area contributed by atoms with Crippen LogP contribution >= 0.6 is 0 Å². The van der Waals surface area contributed by atoms with Crippen LogP contribution in [0.2, 0.25) is 0 Å². The van der Waals surface area contributed by atoms with Crippen molar-refractivity contribution in [2.45, 2.75) is 52.7 Å². The Morgan fingerprint density at radius 2 is 2.00 bits per heavy atom. The first-order chi connectivity index (χ1) is 6.76. The van der Waals surface area contributed by atoms with Crippen LogP contribution in [-0.2, 0) is 4.74 Å². The van der Waals surface area contributed by atoms with Gasteiger partial charge in [-0.1, -0.05) is 13.8 Å². The molecule has 0 radical (unpaired) electrons. The average Bonchev–Trinajstić information content (AvgIpc) is 1.99. The second-order valence-electron chi connectivity index (χ2n) is 4.90. The van der Waals surface area contributed by atoms with Gasteiger partial charge in [0.05, 0.1) is 0 Å². The van der Waals surface area contributed by atoms with Gasteiger partial charge in [0.2, 0.25) is 0 Å². The van der Waals surface area contributed by atoms with Crippen LogP contribution in [-0.4, -0.2) is 17.7 Å². The molecule has 0 aromatic heterocycles. The molecule has 86 valence electrons. The van der Waals surface area contributed by atoms with E-state index in [-0.39, 0.29) is 6.04 Å². The molecule has 1 amide bonds. The smallest absolute Gasteiger partial charge is 0.407 e. The zero-order valence-corrected chi connectivity index (χ0v) is 10.3. The minimum atomic E-state index is -0.470. The number of ether oxygens (including phenoxy) is 1. The largest absolute Gasteiger partial charge is 0.444 e. The van der Waals surface area contributed by atoms with Crippen LogP contribution in [0, 0.1) is 18.3 Å². The summed E-state index contributed by atoms with van der Waals surface area (Å²) in [4.78, 5) is 11.4. The van der Waals surface area contributed by atoms with Gasteiger partial charge in [-0.15, -0.1) is 12.3 Å². The van der Waals surface area contributed by atoms with Crippen LogP contribution in [0.15, 0.2) is 0 Å². The normalized spacial score (nSPS) is 13.1. The number of rotatable bonds is 3. The molecule has 1 atom stereocenters. The number of amides is 1. The van der Waals surface area contributed by atoms with Crippen LogP contribution in [0.1, 0.15) is 41.0 Å². The summed E-state index contributed by atoms with van der Waals surface area (Å²) < 4.78 is 5.15. The van der Waals surface area contributed by atoms with Crippen molar-refractivity contribution in [2.24, 2.45) is 5.92 Å². The van der Waals surface area contributed by atoms with Crippen molar-refractivity contribution in [3.8, 4) is 12.3 Å². The predicted molar refractivity (Wildman–Crippen MR) is 61.4 cm³/mol. The van der Waals surface area contributed by atoms with Gasteiger partial charge in [-0.05, 0) is 26.7 Å². The fraction of sp³-hybridized carbons (Fsp3) is 0.750. The Balaban J connectivity index is 4.19. The van der Waals surface area contributed by atoms with E-state index in [9.17, 15) is 4.79 Å². The second-order valence-corrected chi connectivity index (χ2v) is 4.90. The third kappa shape index (κ3) is 6.84. The van der Waals surface area contributed by atoms with E-state index in [4.69, 9.17) is 11.2 Å². The van der Waals surface area contributed by atoms with Gasteiger partial charge >= 0.3 is 6.09 Å². The maximum absolute atomic E-state index is 11.4. The van der Waals surface area contributed by atoms with Gasteiger partial charge in [-0.2, -0.15) is 0 Å². The Hall–Kier alpha value is -1.17. The fourth-order valence-electron chi connectivity index (χ4n) is 1.04. The van der Waals surface area contributed by atoms with E-state index in [2.05, 4.69) is 11.2 Å². The quantitative estimate of drug-likeness (QED) is 0.729. The summed E-state index contributed by atoms with van der Waals surface area (Å²) in [5.74, 6) is 2.85. The van der Waals surface area contributed by atoms with Crippen LogP contribution in [0.4, 0.5) is 4.79 Å². The summed E-state index contributed by atoms with van der Waals surface area (Å²) in [6, 6.07) is -0.0233. The summed E-state index contributed by atoms with van der Waals surface area (Å²) in [5, 5.41) is 2.77. The molecule has 3 nitrogen and oxygen atoms in total. The lowest BCUT2D eigenvalue weighted by Gasteiger charge is -2.24. The number of carbonyl (C=O) groups excluding carboxylic acids is 1. The maximum Gasteiger partial charge on any atom is 0.407 e. The molecule has 0 saturated carbocycles. The van der Waals surface area contributed by atoms with Gasteiger partial charge in [-0.3, -0.25) is 0 Å². The molecule has 0 aliphatic rings. The fourth-order valence-corrected chi connectivity index (χ4v) is 1.04. The standard InChI is InChI=1S/C12H21NO2/c1-7-8-10(9(2)3)13-11(14)15-12(4,5)6/h1,9-10H,8H2,2-6H3,(H,13,14). The first kappa shape index (κ1) is 13.8. The molecule has 0 saturated heterocycles. The molecular weight excluding hydrogens is 190 g/mol. The minimum absolute atomic E-state index is 0.0233. The summed E-state index contributed by atoms with van der Waals surface area (Å²) in [7, 11) is 0. The number of alkyl carbamates (subject to hydrolysis) is 1. The Kier molecular flexibility index (Phi) is 5.21. The molecule has 0 aliphatic carbocycles. The van der Waals surface area contributed by atoms with Crippen molar-refractivity contribution < 1.29 is 9.53 Å². The molecule has 0 aromatic rings. The number of terminal acetylenes is 1. The molecular formula is C12H21NO2. The van der Waals surface area contributed by atoms with Gasteiger partial charge in [0.25, 0.3) is 0 Å². The highest BCUT2D eigenvalue weighted by atomic mass is 16.6. The molecule has 0 aliphatic heterocycles. The summed E-state index contributed by atoms with van der Waals surface area (Å²) in [6.45, 7) is 9.52. The van der Waals surface area contributed by atoms with Gasteiger partial charge in [-0.25, -0.2) is 4.79 Å². The molecule has 0 heterocycles. The van der Waals surface area contributed by atoms with E-state index >= 15 is 0 Å². The first-order valence-corrected chi connectivity index (χ1v) is 5.19. The van der Waals surface area contributed by atoms with Crippen molar-refractivity contribution in [3.63, 3.8) is 0 Å². The van der Waals surface area contributed by atoms with E-state index < -0.39 is 11.7 Å². The van der Waals surface area contributed by atoms with Gasteiger partial charge in [0.1, 0.15) is 5.60 Å². The third-order valence-electron chi connectivity index (χ3n) is 1.84. The Morgan fingerprint density at radius 1 is 1.47 bits per heavy atom. The molecule has 15 heavy (non-hydrogen) atoms. The van der Waals surface area contributed by atoms with Gasteiger partial charge in [0, 0.05) is 12.5 Å². The van der Waals surface area contributed by atoms with Crippen LogP contribution in [0.5, 0.6) is 0 Å². The second kappa shape index (κ2) is 5.65. The van der Waals surface area contributed by atoms with E-state index in [0.717, 1.165) is 0 Å². The zero-order chi connectivity index (χ0) is 12.1.